The third kappa shape index (κ3) is 2.89. The quantitative estimate of drug-likeness (QED) is 0.788. The van der Waals surface area contributed by atoms with Crippen LogP contribution in [-0.4, -0.2) is 24.5 Å². The van der Waals surface area contributed by atoms with Crippen molar-refractivity contribution in [2.75, 3.05) is 6.54 Å². The second-order valence-electron chi connectivity index (χ2n) is 4.77. The van der Waals surface area contributed by atoms with E-state index in [0.29, 0.717) is 5.76 Å². The molecule has 0 spiro atoms. The van der Waals surface area contributed by atoms with E-state index in [1.54, 1.807) is 12.3 Å². The van der Waals surface area contributed by atoms with Crippen molar-refractivity contribution in [1.82, 2.24) is 16.0 Å². The Balaban J connectivity index is 1.80. The largest absolute Gasteiger partial charge is 0.467 e. The Morgan fingerprint density at radius 3 is 2.67 bits per heavy atom. The van der Waals surface area contributed by atoms with Crippen LogP contribution in [0.3, 0.4) is 0 Å². The minimum Gasteiger partial charge on any atom is -0.467 e. The smallest absolute Gasteiger partial charge is 0.315 e. The Morgan fingerprint density at radius 2 is 2.05 bits per heavy atom. The van der Waals surface area contributed by atoms with Crippen LogP contribution in [0.5, 0.6) is 0 Å². The van der Waals surface area contributed by atoms with Crippen molar-refractivity contribution >= 4 is 11.9 Å². The Kier molecular flexibility index (Phi) is 3.59. The Morgan fingerprint density at radius 1 is 1.24 bits per heavy atom. The van der Waals surface area contributed by atoms with Crippen molar-refractivity contribution in [2.24, 2.45) is 0 Å². The zero-order valence-electron chi connectivity index (χ0n) is 11.2. The lowest BCUT2D eigenvalue weighted by Gasteiger charge is -2.19. The average Bonchev–Trinajstić information content (AvgIpc) is 3.17. The molecule has 3 amide bonds. The Hall–Kier alpha value is -2.76. The highest BCUT2D eigenvalue weighted by atomic mass is 16.3. The van der Waals surface area contributed by atoms with Crippen LogP contribution < -0.4 is 16.0 Å². The summed E-state index contributed by atoms with van der Waals surface area (Å²) in [4.78, 5) is 23.4. The lowest BCUT2D eigenvalue weighted by atomic mass is 10.0. The van der Waals surface area contributed by atoms with Crippen LogP contribution in [0.25, 0.3) is 0 Å². The first-order valence-electron chi connectivity index (χ1n) is 6.67. The summed E-state index contributed by atoms with van der Waals surface area (Å²) in [5, 5.41) is 8.04. The number of benzene rings is 1. The summed E-state index contributed by atoms with van der Waals surface area (Å²) >= 11 is 0. The Labute approximate surface area is 121 Å². The van der Waals surface area contributed by atoms with Gasteiger partial charge in [0.05, 0.1) is 6.26 Å². The first-order valence-corrected chi connectivity index (χ1v) is 6.67. The monoisotopic (exact) mass is 285 g/mol. The molecule has 1 saturated heterocycles. The molecule has 1 aliphatic heterocycles. The highest BCUT2D eigenvalue weighted by Crippen LogP contribution is 2.22. The lowest BCUT2D eigenvalue weighted by molar-refractivity contribution is -0.123. The highest BCUT2D eigenvalue weighted by molar-refractivity contribution is 5.90. The molecule has 2 atom stereocenters. The number of amides is 3. The summed E-state index contributed by atoms with van der Waals surface area (Å²) in [6.45, 7) is 0.282. The summed E-state index contributed by atoms with van der Waals surface area (Å²) in [5.41, 5.74) is 0.915. The molecule has 1 fully saturated rings. The maximum atomic E-state index is 12.3. The minimum atomic E-state index is -0.571. The molecule has 1 aliphatic rings. The predicted molar refractivity (Wildman–Crippen MR) is 75.5 cm³/mol. The van der Waals surface area contributed by atoms with Crippen LogP contribution in [0.15, 0.2) is 53.1 Å². The van der Waals surface area contributed by atoms with Gasteiger partial charge in [0.25, 0.3) is 0 Å². The fourth-order valence-corrected chi connectivity index (χ4v) is 2.28. The SMILES string of the molecule is O=C1NC[C@@H](C(=O)N[C@@H](c2ccccc2)c2ccco2)N1. The van der Waals surface area contributed by atoms with Crippen LogP contribution in [0.2, 0.25) is 0 Å². The number of furan rings is 1. The van der Waals surface area contributed by atoms with Gasteiger partial charge >= 0.3 is 6.03 Å². The highest BCUT2D eigenvalue weighted by Gasteiger charge is 2.29. The second-order valence-corrected chi connectivity index (χ2v) is 4.77. The molecule has 2 aromatic rings. The molecule has 2 heterocycles. The number of rotatable bonds is 4. The standard InChI is InChI=1S/C15H15N3O3/c19-14(11-9-16-15(20)17-11)18-13(12-7-4-8-21-12)10-5-2-1-3-6-10/h1-8,11,13H,9H2,(H,18,19)(H2,16,17,20)/t11-,13-/m0/s1. The van der Waals surface area contributed by atoms with E-state index in [0.717, 1.165) is 5.56 Å². The fraction of sp³-hybridized carbons (Fsp3) is 0.200. The van der Waals surface area contributed by atoms with Crippen molar-refractivity contribution < 1.29 is 14.0 Å². The van der Waals surface area contributed by atoms with Gasteiger partial charge in [0.2, 0.25) is 5.91 Å². The molecule has 0 radical (unpaired) electrons. The average molecular weight is 285 g/mol. The van der Waals surface area contributed by atoms with E-state index in [1.807, 2.05) is 36.4 Å². The van der Waals surface area contributed by atoms with Gasteiger partial charge in [0, 0.05) is 6.54 Å². The van der Waals surface area contributed by atoms with Gasteiger partial charge in [-0.3, -0.25) is 4.79 Å². The van der Waals surface area contributed by atoms with Gasteiger partial charge in [0.1, 0.15) is 17.8 Å². The van der Waals surface area contributed by atoms with Crippen molar-refractivity contribution in [2.45, 2.75) is 12.1 Å². The molecule has 21 heavy (non-hydrogen) atoms. The van der Waals surface area contributed by atoms with Crippen molar-refractivity contribution in [1.29, 1.82) is 0 Å². The van der Waals surface area contributed by atoms with E-state index in [1.165, 1.54) is 0 Å². The molecule has 6 heteroatoms. The van der Waals surface area contributed by atoms with E-state index in [4.69, 9.17) is 4.42 Å². The molecule has 0 aliphatic carbocycles. The molecule has 3 N–H and O–H groups in total. The van der Waals surface area contributed by atoms with Crippen LogP contribution in [0.1, 0.15) is 17.4 Å². The van der Waals surface area contributed by atoms with Gasteiger partial charge in [-0.15, -0.1) is 0 Å². The maximum Gasteiger partial charge on any atom is 0.315 e. The molecule has 108 valence electrons. The summed E-state index contributed by atoms with van der Waals surface area (Å²) < 4.78 is 5.42. The number of urea groups is 1. The van der Waals surface area contributed by atoms with Gasteiger partial charge in [0.15, 0.2) is 0 Å². The molecule has 0 saturated carbocycles. The lowest BCUT2D eigenvalue weighted by Crippen LogP contribution is -2.44. The summed E-state index contributed by atoms with van der Waals surface area (Å²) in [6.07, 6.45) is 1.57. The van der Waals surface area contributed by atoms with Crippen LogP contribution in [0, 0.1) is 0 Å². The molecule has 1 aromatic heterocycles. The third-order valence-corrected chi connectivity index (χ3v) is 3.34. The predicted octanol–water partition coefficient (Wildman–Crippen LogP) is 1.17. The molecule has 6 nitrogen and oxygen atoms in total. The summed E-state index contributed by atoms with van der Waals surface area (Å²) in [5.74, 6) is 0.394. The third-order valence-electron chi connectivity index (χ3n) is 3.34. The van der Waals surface area contributed by atoms with Crippen LogP contribution in [-0.2, 0) is 4.79 Å². The second kappa shape index (κ2) is 5.70. The molecule has 1 aromatic carbocycles. The first-order chi connectivity index (χ1) is 10.2. The number of hydrogen-bond donors (Lipinski definition) is 3. The maximum absolute atomic E-state index is 12.3. The number of nitrogens with one attached hydrogen (secondary N) is 3. The normalized spacial score (nSPS) is 18.7. The molecule has 0 bridgehead atoms. The van der Waals surface area contributed by atoms with Gasteiger partial charge in [-0.05, 0) is 17.7 Å². The van der Waals surface area contributed by atoms with Crippen molar-refractivity contribution in [3.8, 4) is 0 Å². The van der Waals surface area contributed by atoms with Crippen molar-refractivity contribution in [3.63, 3.8) is 0 Å². The minimum absolute atomic E-state index is 0.251. The van der Waals surface area contributed by atoms with E-state index in [9.17, 15) is 9.59 Å². The zero-order valence-corrected chi connectivity index (χ0v) is 11.2. The topological polar surface area (TPSA) is 83.4 Å². The number of carbonyl (C=O) groups excluding carboxylic acids is 2. The first kappa shape index (κ1) is 13.2. The molecule has 3 rings (SSSR count). The zero-order chi connectivity index (χ0) is 14.7. The number of carbonyl (C=O) groups is 2. The molecular weight excluding hydrogens is 270 g/mol. The van der Waals surface area contributed by atoms with Crippen LogP contribution >= 0.6 is 0 Å². The van der Waals surface area contributed by atoms with Gasteiger partial charge in [-0.25, -0.2) is 4.79 Å². The van der Waals surface area contributed by atoms with Gasteiger partial charge in [-0.1, -0.05) is 30.3 Å². The van der Waals surface area contributed by atoms with Crippen LogP contribution in [0.4, 0.5) is 4.79 Å². The molecule has 0 unspecified atom stereocenters. The molecular formula is C15H15N3O3. The van der Waals surface area contributed by atoms with Crippen molar-refractivity contribution in [3.05, 3.63) is 60.1 Å². The van der Waals surface area contributed by atoms with Gasteiger partial charge in [-0.2, -0.15) is 0 Å². The van der Waals surface area contributed by atoms with Gasteiger partial charge < -0.3 is 20.4 Å². The van der Waals surface area contributed by atoms with E-state index in [-0.39, 0.29) is 24.5 Å². The van der Waals surface area contributed by atoms with E-state index in [2.05, 4.69) is 16.0 Å². The Bertz CT molecular complexity index is 625. The summed E-state index contributed by atoms with van der Waals surface area (Å²) in [7, 11) is 0. The van der Waals surface area contributed by atoms with E-state index < -0.39 is 6.04 Å². The fourth-order valence-electron chi connectivity index (χ4n) is 2.28. The van der Waals surface area contributed by atoms with E-state index >= 15 is 0 Å². The summed E-state index contributed by atoms with van der Waals surface area (Å²) in [6, 6.07) is 11.8. The number of hydrogen-bond acceptors (Lipinski definition) is 3.